The summed E-state index contributed by atoms with van der Waals surface area (Å²) in [5.41, 5.74) is 6.13. The summed E-state index contributed by atoms with van der Waals surface area (Å²) in [5, 5.41) is 3.75. The molecular formula is C13H26N2. The highest BCUT2D eigenvalue weighted by atomic mass is 15.0. The highest BCUT2D eigenvalue weighted by molar-refractivity contribution is 4.98. The van der Waals surface area contributed by atoms with Crippen molar-refractivity contribution in [2.45, 2.75) is 57.4 Å². The number of rotatable bonds is 5. The van der Waals surface area contributed by atoms with E-state index in [0.717, 1.165) is 18.4 Å². The Morgan fingerprint density at radius 1 is 1.13 bits per heavy atom. The number of hydrogen-bond donors (Lipinski definition) is 2. The van der Waals surface area contributed by atoms with E-state index < -0.39 is 0 Å². The van der Waals surface area contributed by atoms with Crippen LogP contribution in [0.15, 0.2) is 0 Å². The third-order valence-electron chi connectivity index (χ3n) is 4.42. The molecule has 0 aromatic carbocycles. The van der Waals surface area contributed by atoms with Crippen molar-refractivity contribution in [3.8, 4) is 0 Å². The molecule has 0 bridgehead atoms. The summed E-state index contributed by atoms with van der Waals surface area (Å²) in [4.78, 5) is 0. The van der Waals surface area contributed by atoms with Crippen LogP contribution in [0.4, 0.5) is 0 Å². The average molecular weight is 210 g/mol. The minimum absolute atomic E-state index is 0.234. The van der Waals surface area contributed by atoms with Gasteiger partial charge in [-0.25, -0.2) is 0 Å². The Bertz CT molecular complexity index is 195. The van der Waals surface area contributed by atoms with E-state index in [9.17, 15) is 0 Å². The summed E-state index contributed by atoms with van der Waals surface area (Å²) in [6, 6.07) is 0. The first-order chi connectivity index (χ1) is 7.24. The lowest BCUT2D eigenvalue weighted by atomic mass is 9.87. The summed E-state index contributed by atoms with van der Waals surface area (Å²) >= 11 is 0. The maximum atomic E-state index is 5.90. The molecule has 2 nitrogen and oxygen atoms in total. The first kappa shape index (κ1) is 11.4. The van der Waals surface area contributed by atoms with Crippen LogP contribution < -0.4 is 11.1 Å². The van der Waals surface area contributed by atoms with Gasteiger partial charge in [0.1, 0.15) is 0 Å². The van der Waals surface area contributed by atoms with Crippen molar-refractivity contribution in [3.63, 3.8) is 0 Å². The fourth-order valence-corrected chi connectivity index (χ4v) is 2.87. The van der Waals surface area contributed by atoms with Gasteiger partial charge in [0.15, 0.2) is 0 Å². The molecule has 0 amide bonds. The van der Waals surface area contributed by atoms with Gasteiger partial charge in [-0.2, -0.15) is 0 Å². The van der Waals surface area contributed by atoms with E-state index >= 15 is 0 Å². The van der Waals surface area contributed by atoms with E-state index in [-0.39, 0.29) is 5.54 Å². The van der Waals surface area contributed by atoms with Crippen LogP contribution in [0.3, 0.4) is 0 Å². The fraction of sp³-hybridized carbons (Fsp3) is 1.00. The molecule has 3 N–H and O–H groups in total. The Kier molecular flexibility index (Phi) is 3.68. The average Bonchev–Trinajstić information content (AvgIpc) is 3.11. The van der Waals surface area contributed by atoms with Crippen LogP contribution in [0.5, 0.6) is 0 Å². The minimum atomic E-state index is 0.234. The molecule has 1 atom stereocenters. The van der Waals surface area contributed by atoms with E-state index in [1.165, 1.54) is 51.5 Å². The van der Waals surface area contributed by atoms with E-state index in [1.807, 2.05) is 0 Å². The maximum absolute atomic E-state index is 5.90. The molecule has 2 fully saturated rings. The first-order valence-electron chi connectivity index (χ1n) is 6.70. The van der Waals surface area contributed by atoms with E-state index in [4.69, 9.17) is 5.73 Å². The second-order valence-electron chi connectivity index (χ2n) is 5.78. The van der Waals surface area contributed by atoms with Crippen LogP contribution in [0.25, 0.3) is 0 Å². The summed E-state index contributed by atoms with van der Waals surface area (Å²) in [5.74, 6) is 1.77. The zero-order valence-electron chi connectivity index (χ0n) is 10.1. The van der Waals surface area contributed by atoms with Gasteiger partial charge in [-0.05, 0) is 51.0 Å². The molecule has 0 radical (unpaired) electrons. The first-order valence-corrected chi connectivity index (χ1v) is 6.70. The standard InChI is InChI=1S/C13H26N2/c1-13(10-14,12-7-8-12)15-9-11-5-3-2-4-6-11/h11-12,15H,2-10,14H2,1H3. The van der Waals surface area contributed by atoms with Gasteiger partial charge in [-0.15, -0.1) is 0 Å². The van der Waals surface area contributed by atoms with Crippen molar-refractivity contribution in [2.24, 2.45) is 17.6 Å². The molecule has 15 heavy (non-hydrogen) atoms. The van der Waals surface area contributed by atoms with Crippen LogP contribution in [0, 0.1) is 11.8 Å². The topological polar surface area (TPSA) is 38.0 Å². The molecule has 2 saturated carbocycles. The molecule has 2 aliphatic rings. The van der Waals surface area contributed by atoms with Gasteiger partial charge in [-0.3, -0.25) is 0 Å². The molecule has 0 spiro atoms. The molecule has 0 aliphatic heterocycles. The Morgan fingerprint density at radius 2 is 1.80 bits per heavy atom. The van der Waals surface area contributed by atoms with Gasteiger partial charge in [-0.1, -0.05) is 19.3 Å². The Labute approximate surface area is 94.0 Å². The quantitative estimate of drug-likeness (QED) is 0.730. The van der Waals surface area contributed by atoms with Gasteiger partial charge in [0, 0.05) is 12.1 Å². The maximum Gasteiger partial charge on any atom is 0.0304 e. The SMILES string of the molecule is CC(CN)(NCC1CCCCC1)C1CC1. The van der Waals surface area contributed by atoms with Crippen LogP contribution in [0.2, 0.25) is 0 Å². The number of nitrogens with two attached hydrogens (primary N) is 1. The highest BCUT2D eigenvalue weighted by Gasteiger charge is 2.40. The van der Waals surface area contributed by atoms with Crippen molar-refractivity contribution in [2.75, 3.05) is 13.1 Å². The molecular weight excluding hydrogens is 184 g/mol. The van der Waals surface area contributed by atoms with Crippen molar-refractivity contribution < 1.29 is 0 Å². The number of nitrogens with one attached hydrogen (secondary N) is 1. The third kappa shape index (κ3) is 2.94. The van der Waals surface area contributed by atoms with Crippen molar-refractivity contribution >= 4 is 0 Å². The fourth-order valence-electron chi connectivity index (χ4n) is 2.87. The molecule has 0 aromatic rings. The zero-order valence-corrected chi connectivity index (χ0v) is 10.1. The lowest BCUT2D eigenvalue weighted by Gasteiger charge is -2.33. The molecule has 2 aliphatic carbocycles. The normalized spacial score (nSPS) is 27.6. The molecule has 0 aromatic heterocycles. The molecule has 2 heteroatoms. The van der Waals surface area contributed by atoms with Gasteiger partial charge >= 0.3 is 0 Å². The molecule has 88 valence electrons. The molecule has 1 unspecified atom stereocenters. The smallest absolute Gasteiger partial charge is 0.0304 e. The van der Waals surface area contributed by atoms with Crippen molar-refractivity contribution in [1.82, 2.24) is 5.32 Å². The molecule has 2 rings (SSSR count). The van der Waals surface area contributed by atoms with E-state index in [1.54, 1.807) is 0 Å². The van der Waals surface area contributed by atoms with Crippen molar-refractivity contribution in [1.29, 1.82) is 0 Å². The van der Waals surface area contributed by atoms with Crippen LogP contribution >= 0.6 is 0 Å². The summed E-state index contributed by atoms with van der Waals surface area (Å²) in [7, 11) is 0. The van der Waals surface area contributed by atoms with Gasteiger partial charge in [0.2, 0.25) is 0 Å². The van der Waals surface area contributed by atoms with Gasteiger partial charge < -0.3 is 11.1 Å². The Balaban J connectivity index is 1.74. The second-order valence-corrected chi connectivity index (χ2v) is 5.78. The predicted octanol–water partition coefficient (Wildman–Crippen LogP) is 2.28. The highest BCUT2D eigenvalue weighted by Crippen LogP contribution is 2.39. The Hall–Kier alpha value is -0.0800. The summed E-state index contributed by atoms with van der Waals surface area (Å²) in [6.07, 6.45) is 9.95. The lowest BCUT2D eigenvalue weighted by Crippen LogP contribution is -2.52. The van der Waals surface area contributed by atoms with Crippen LogP contribution in [0.1, 0.15) is 51.9 Å². The van der Waals surface area contributed by atoms with Crippen molar-refractivity contribution in [3.05, 3.63) is 0 Å². The van der Waals surface area contributed by atoms with Crippen LogP contribution in [-0.4, -0.2) is 18.6 Å². The predicted molar refractivity (Wildman–Crippen MR) is 64.8 cm³/mol. The summed E-state index contributed by atoms with van der Waals surface area (Å²) in [6.45, 7) is 4.31. The van der Waals surface area contributed by atoms with Gasteiger partial charge in [0.05, 0.1) is 0 Å². The zero-order chi connectivity index (χ0) is 10.7. The lowest BCUT2D eigenvalue weighted by molar-refractivity contribution is 0.263. The second kappa shape index (κ2) is 4.84. The minimum Gasteiger partial charge on any atom is -0.329 e. The van der Waals surface area contributed by atoms with Gasteiger partial charge in [0.25, 0.3) is 0 Å². The van der Waals surface area contributed by atoms with Crippen LogP contribution in [-0.2, 0) is 0 Å². The third-order valence-corrected chi connectivity index (χ3v) is 4.42. The van der Waals surface area contributed by atoms with E-state index in [0.29, 0.717) is 0 Å². The largest absolute Gasteiger partial charge is 0.329 e. The monoisotopic (exact) mass is 210 g/mol. The Morgan fingerprint density at radius 3 is 2.33 bits per heavy atom. The number of hydrogen-bond acceptors (Lipinski definition) is 2. The van der Waals surface area contributed by atoms with E-state index in [2.05, 4.69) is 12.2 Å². The molecule has 0 heterocycles. The molecule has 0 saturated heterocycles. The summed E-state index contributed by atoms with van der Waals surface area (Å²) < 4.78 is 0.